The Balaban J connectivity index is 1.68. The molecule has 0 unspecified atom stereocenters. The van der Waals surface area contributed by atoms with Gasteiger partial charge in [0.15, 0.2) is 11.6 Å². The highest BCUT2D eigenvalue weighted by atomic mass is 19.2. The highest BCUT2D eigenvalue weighted by Crippen LogP contribution is 2.33. The molecule has 1 aliphatic rings. The van der Waals surface area contributed by atoms with Gasteiger partial charge in [-0.3, -0.25) is 0 Å². The van der Waals surface area contributed by atoms with Gasteiger partial charge >= 0.3 is 5.97 Å². The van der Waals surface area contributed by atoms with Crippen LogP contribution in [0.1, 0.15) is 34.7 Å². The van der Waals surface area contributed by atoms with Gasteiger partial charge in [0.05, 0.1) is 5.56 Å². The topological polar surface area (TPSA) is 75.3 Å². The second-order valence-corrected chi connectivity index (χ2v) is 6.60. The van der Waals surface area contributed by atoms with Crippen molar-refractivity contribution < 1.29 is 23.1 Å². The van der Waals surface area contributed by atoms with Gasteiger partial charge in [0, 0.05) is 30.3 Å². The molecule has 4 N–H and O–H groups in total. The SMILES string of the molecule is N[C@@H]1CC(CNc2cccc(C(=O)O)c2)=CC[C@H]1c1cc(F)c(F)cc1F. The van der Waals surface area contributed by atoms with Gasteiger partial charge in [-0.05, 0) is 42.7 Å². The van der Waals surface area contributed by atoms with Crippen LogP contribution < -0.4 is 11.1 Å². The maximum atomic E-state index is 14.0. The first kappa shape index (κ1) is 19.0. The van der Waals surface area contributed by atoms with E-state index in [1.54, 1.807) is 12.1 Å². The number of carboxylic acids is 1. The molecule has 0 amide bonds. The van der Waals surface area contributed by atoms with Gasteiger partial charge in [-0.15, -0.1) is 0 Å². The first-order chi connectivity index (χ1) is 12.8. The van der Waals surface area contributed by atoms with E-state index in [1.807, 2.05) is 6.08 Å². The Kier molecular flexibility index (Phi) is 5.51. The average molecular weight is 376 g/mol. The monoisotopic (exact) mass is 376 g/mol. The molecular weight excluding hydrogens is 357 g/mol. The predicted octanol–water partition coefficient (Wildman–Crippen LogP) is 4.05. The normalized spacial score (nSPS) is 19.5. The van der Waals surface area contributed by atoms with E-state index in [0.717, 1.165) is 11.6 Å². The van der Waals surface area contributed by atoms with E-state index >= 15 is 0 Å². The molecule has 1 aliphatic carbocycles. The number of nitrogens with one attached hydrogen (secondary N) is 1. The fourth-order valence-corrected chi connectivity index (χ4v) is 3.30. The van der Waals surface area contributed by atoms with Gasteiger partial charge in [0.2, 0.25) is 0 Å². The molecule has 0 aliphatic heterocycles. The lowest BCUT2D eigenvalue weighted by atomic mass is 9.80. The van der Waals surface area contributed by atoms with E-state index in [0.29, 0.717) is 31.1 Å². The summed E-state index contributed by atoms with van der Waals surface area (Å²) in [5.74, 6) is -4.54. The Labute approximate surface area is 154 Å². The van der Waals surface area contributed by atoms with Crippen LogP contribution in [0.2, 0.25) is 0 Å². The smallest absolute Gasteiger partial charge is 0.335 e. The van der Waals surface area contributed by atoms with E-state index in [-0.39, 0.29) is 11.1 Å². The van der Waals surface area contributed by atoms with E-state index in [4.69, 9.17) is 10.8 Å². The predicted molar refractivity (Wildman–Crippen MR) is 96.2 cm³/mol. The summed E-state index contributed by atoms with van der Waals surface area (Å²) in [6.45, 7) is 0.462. The van der Waals surface area contributed by atoms with E-state index in [2.05, 4.69) is 5.32 Å². The highest BCUT2D eigenvalue weighted by Gasteiger charge is 2.27. The molecule has 4 nitrogen and oxygen atoms in total. The van der Waals surface area contributed by atoms with Crippen LogP contribution in [0.25, 0.3) is 0 Å². The van der Waals surface area contributed by atoms with Crippen molar-refractivity contribution in [3.8, 4) is 0 Å². The number of allylic oxidation sites excluding steroid dienone is 1. The molecule has 2 aromatic carbocycles. The first-order valence-electron chi connectivity index (χ1n) is 8.50. The molecule has 142 valence electrons. The number of carboxylic acid groups (broad SMARTS) is 1. The second kappa shape index (κ2) is 7.84. The Morgan fingerprint density at radius 1 is 1.15 bits per heavy atom. The molecule has 0 saturated heterocycles. The largest absolute Gasteiger partial charge is 0.478 e. The highest BCUT2D eigenvalue weighted by molar-refractivity contribution is 5.88. The van der Waals surface area contributed by atoms with Gasteiger partial charge < -0.3 is 16.2 Å². The van der Waals surface area contributed by atoms with Crippen LogP contribution in [0.15, 0.2) is 48.0 Å². The van der Waals surface area contributed by atoms with Crippen LogP contribution in [0.4, 0.5) is 18.9 Å². The summed E-state index contributed by atoms with van der Waals surface area (Å²) in [6, 6.07) is 7.44. The van der Waals surface area contributed by atoms with Crippen molar-refractivity contribution in [1.29, 1.82) is 0 Å². The average Bonchev–Trinajstić information content (AvgIpc) is 2.64. The number of nitrogens with two attached hydrogens (primary N) is 1. The lowest BCUT2D eigenvalue weighted by molar-refractivity contribution is 0.0697. The number of hydrogen-bond acceptors (Lipinski definition) is 3. The number of aromatic carboxylic acids is 1. The zero-order valence-electron chi connectivity index (χ0n) is 14.4. The fourth-order valence-electron chi connectivity index (χ4n) is 3.30. The van der Waals surface area contributed by atoms with Crippen LogP contribution >= 0.6 is 0 Å². The molecule has 0 bridgehead atoms. The number of halogens is 3. The lowest BCUT2D eigenvalue weighted by Gasteiger charge is -2.29. The van der Waals surface area contributed by atoms with Crippen molar-refractivity contribution in [1.82, 2.24) is 0 Å². The zero-order chi connectivity index (χ0) is 19.6. The minimum atomic E-state index is -1.22. The minimum absolute atomic E-state index is 0.0822. The number of carbonyl (C=O) groups is 1. The van der Waals surface area contributed by atoms with Crippen molar-refractivity contribution in [2.75, 3.05) is 11.9 Å². The molecule has 0 radical (unpaired) electrons. The Bertz CT molecular complexity index is 899. The van der Waals surface area contributed by atoms with Crippen LogP contribution in [0.5, 0.6) is 0 Å². The third-order valence-corrected chi connectivity index (χ3v) is 4.74. The summed E-state index contributed by atoms with van der Waals surface area (Å²) < 4.78 is 40.6. The molecule has 0 fully saturated rings. The molecular formula is C20H19F3N2O2. The lowest BCUT2D eigenvalue weighted by Crippen LogP contribution is -2.33. The van der Waals surface area contributed by atoms with Gasteiger partial charge in [0.1, 0.15) is 5.82 Å². The Morgan fingerprint density at radius 2 is 1.89 bits per heavy atom. The van der Waals surface area contributed by atoms with E-state index in [9.17, 15) is 18.0 Å². The molecule has 2 atom stereocenters. The Morgan fingerprint density at radius 3 is 2.59 bits per heavy atom. The summed E-state index contributed by atoms with van der Waals surface area (Å²) in [5.41, 5.74) is 8.08. The van der Waals surface area contributed by atoms with Gasteiger partial charge in [-0.25, -0.2) is 18.0 Å². The van der Waals surface area contributed by atoms with Gasteiger partial charge in [0.25, 0.3) is 0 Å². The van der Waals surface area contributed by atoms with Crippen molar-refractivity contribution in [3.05, 3.63) is 76.6 Å². The zero-order valence-corrected chi connectivity index (χ0v) is 14.4. The number of hydrogen-bond donors (Lipinski definition) is 3. The third-order valence-electron chi connectivity index (χ3n) is 4.74. The molecule has 3 rings (SSSR count). The van der Waals surface area contributed by atoms with Crippen molar-refractivity contribution in [2.45, 2.75) is 24.8 Å². The molecule has 0 saturated carbocycles. The standard InChI is InChI=1S/C20H19F3N2O2/c21-16-9-18(23)17(22)8-15(16)14-5-4-11(6-19(14)24)10-25-13-3-1-2-12(7-13)20(26)27/h1-4,7-9,14,19,25H,5-6,10,24H2,(H,26,27)/t14-,19+/m0/s1. The molecule has 0 spiro atoms. The van der Waals surface area contributed by atoms with Crippen LogP contribution in [-0.2, 0) is 0 Å². The van der Waals surface area contributed by atoms with Crippen molar-refractivity contribution in [3.63, 3.8) is 0 Å². The fraction of sp³-hybridized carbons (Fsp3) is 0.250. The summed E-state index contributed by atoms with van der Waals surface area (Å²) in [5, 5.41) is 12.2. The third kappa shape index (κ3) is 4.31. The first-order valence-corrected chi connectivity index (χ1v) is 8.50. The van der Waals surface area contributed by atoms with Crippen LogP contribution in [0, 0.1) is 17.5 Å². The molecule has 0 heterocycles. The summed E-state index contributed by atoms with van der Waals surface area (Å²) in [4.78, 5) is 11.0. The van der Waals surface area contributed by atoms with Crippen molar-refractivity contribution in [2.24, 2.45) is 5.73 Å². The van der Waals surface area contributed by atoms with E-state index < -0.39 is 35.4 Å². The minimum Gasteiger partial charge on any atom is -0.478 e. The molecule has 2 aromatic rings. The number of anilines is 1. The van der Waals surface area contributed by atoms with Gasteiger partial charge in [-0.1, -0.05) is 17.7 Å². The summed E-state index contributed by atoms with van der Waals surface area (Å²) >= 11 is 0. The van der Waals surface area contributed by atoms with Crippen LogP contribution in [-0.4, -0.2) is 23.7 Å². The second-order valence-electron chi connectivity index (χ2n) is 6.60. The molecule has 0 aromatic heterocycles. The van der Waals surface area contributed by atoms with Crippen molar-refractivity contribution >= 4 is 11.7 Å². The summed E-state index contributed by atoms with van der Waals surface area (Å²) in [6.07, 6.45) is 2.78. The number of rotatable bonds is 5. The quantitative estimate of drug-likeness (QED) is 0.544. The summed E-state index contributed by atoms with van der Waals surface area (Å²) in [7, 11) is 0. The van der Waals surface area contributed by atoms with Crippen LogP contribution in [0.3, 0.4) is 0 Å². The maximum Gasteiger partial charge on any atom is 0.335 e. The number of benzene rings is 2. The van der Waals surface area contributed by atoms with E-state index in [1.165, 1.54) is 12.1 Å². The maximum absolute atomic E-state index is 14.0. The molecule has 7 heteroatoms. The Hall–Kier alpha value is -2.80. The van der Waals surface area contributed by atoms with Gasteiger partial charge in [-0.2, -0.15) is 0 Å². The molecule has 27 heavy (non-hydrogen) atoms.